The molecule has 7 heteroatoms. The number of fused-ring (bicyclic) bond motifs is 1. The molecule has 0 radical (unpaired) electrons. The van der Waals surface area contributed by atoms with Crippen molar-refractivity contribution in [3.05, 3.63) is 54.2 Å². The molecule has 1 N–H and O–H groups in total. The Morgan fingerprint density at radius 3 is 2.60 bits per heavy atom. The summed E-state index contributed by atoms with van der Waals surface area (Å²) < 4.78 is 12.8. The zero-order valence-corrected chi connectivity index (χ0v) is 10.1. The highest BCUT2D eigenvalue weighted by Crippen LogP contribution is 2.09. The van der Waals surface area contributed by atoms with E-state index in [1.807, 2.05) is 0 Å². The second-order valence-corrected chi connectivity index (χ2v) is 3.92. The highest BCUT2D eigenvalue weighted by molar-refractivity contribution is 6.03. The van der Waals surface area contributed by atoms with E-state index in [4.69, 9.17) is 0 Å². The number of nitrogens with one attached hydrogen (secondary N) is 1. The van der Waals surface area contributed by atoms with Gasteiger partial charge in [0.2, 0.25) is 5.95 Å². The Hall–Kier alpha value is -2.96. The van der Waals surface area contributed by atoms with Crippen LogP contribution in [0.1, 0.15) is 10.4 Å². The van der Waals surface area contributed by atoms with Gasteiger partial charge >= 0.3 is 0 Å². The second-order valence-electron chi connectivity index (χ2n) is 3.92. The van der Waals surface area contributed by atoms with E-state index in [1.54, 1.807) is 0 Å². The summed E-state index contributed by atoms with van der Waals surface area (Å²) in [5.41, 5.74) is 1.23. The number of amides is 1. The molecule has 0 unspecified atom stereocenters. The number of halogens is 1. The molecular weight excluding hydrogens is 261 g/mol. The second kappa shape index (κ2) is 4.96. The van der Waals surface area contributed by atoms with Crippen molar-refractivity contribution in [1.29, 1.82) is 0 Å². The lowest BCUT2D eigenvalue weighted by molar-refractivity contribution is 0.102. The van der Waals surface area contributed by atoms with E-state index in [9.17, 15) is 9.18 Å². The molecular formula is C13H8FN5O. The van der Waals surface area contributed by atoms with Crippen LogP contribution in [0.15, 0.2) is 42.9 Å². The zero-order valence-electron chi connectivity index (χ0n) is 10.1. The van der Waals surface area contributed by atoms with Crippen LogP contribution in [-0.2, 0) is 0 Å². The lowest BCUT2D eigenvalue weighted by Gasteiger charge is -2.03. The van der Waals surface area contributed by atoms with Crippen LogP contribution < -0.4 is 5.32 Å². The van der Waals surface area contributed by atoms with E-state index in [1.165, 1.54) is 42.9 Å². The number of aromatic nitrogens is 4. The van der Waals surface area contributed by atoms with Gasteiger partial charge in [0.15, 0.2) is 5.65 Å². The lowest BCUT2D eigenvalue weighted by Crippen LogP contribution is -2.14. The Morgan fingerprint density at radius 2 is 1.80 bits per heavy atom. The number of anilines is 1. The van der Waals surface area contributed by atoms with Crippen LogP contribution in [0.3, 0.4) is 0 Å². The number of hydrogen-bond acceptors (Lipinski definition) is 5. The SMILES string of the molecule is O=C(Nc1ncc2nccnc2n1)c1ccc(F)cc1. The van der Waals surface area contributed by atoms with E-state index in [2.05, 4.69) is 25.3 Å². The van der Waals surface area contributed by atoms with Gasteiger partial charge in [-0.2, -0.15) is 4.98 Å². The summed E-state index contributed by atoms with van der Waals surface area (Å²) in [6, 6.07) is 5.18. The normalized spacial score (nSPS) is 10.4. The molecule has 3 rings (SSSR count). The van der Waals surface area contributed by atoms with Gasteiger partial charge in [0.1, 0.15) is 11.3 Å². The van der Waals surface area contributed by atoms with Gasteiger partial charge in [0.05, 0.1) is 6.20 Å². The molecule has 2 heterocycles. The van der Waals surface area contributed by atoms with Crippen molar-refractivity contribution in [3.63, 3.8) is 0 Å². The summed E-state index contributed by atoms with van der Waals surface area (Å²) in [6.07, 6.45) is 4.50. The monoisotopic (exact) mass is 269 g/mol. The number of benzene rings is 1. The fourth-order valence-electron chi connectivity index (χ4n) is 1.61. The third kappa shape index (κ3) is 2.41. The maximum atomic E-state index is 12.8. The van der Waals surface area contributed by atoms with E-state index >= 15 is 0 Å². The van der Waals surface area contributed by atoms with E-state index < -0.39 is 11.7 Å². The number of nitrogens with zero attached hydrogens (tertiary/aromatic N) is 4. The summed E-state index contributed by atoms with van der Waals surface area (Å²) in [5.74, 6) is -0.709. The summed E-state index contributed by atoms with van der Waals surface area (Å²) in [4.78, 5) is 28.0. The molecule has 0 aliphatic rings. The third-order valence-corrected chi connectivity index (χ3v) is 2.56. The van der Waals surface area contributed by atoms with Crippen LogP contribution in [0.5, 0.6) is 0 Å². The Morgan fingerprint density at radius 1 is 1.05 bits per heavy atom. The Bertz CT molecular complexity index is 775. The third-order valence-electron chi connectivity index (χ3n) is 2.56. The van der Waals surface area contributed by atoms with Crippen molar-refractivity contribution in [1.82, 2.24) is 19.9 Å². The van der Waals surface area contributed by atoms with E-state index in [0.717, 1.165) is 0 Å². The van der Waals surface area contributed by atoms with Crippen molar-refractivity contribution in [2.24, 2.45) is 0 Å². The molecule has 3 aromatic rings. The molecule has 20 heavy (non-hydrogen) atoms. The topological polar surface area (TPSA) is 80.7 Å². The van der Waals surface area contributed by atoms with Gasteiger partial charge in [-0.1, -0.05) is 0 Å². The van der Waals surface area contributed by atoms with Crippen LogP contribution in [0.25, 0.3) is 11.2 Å². The quantitative estimate of drug-likeness (QED) is 0.767. The minimum absolute atomic E-state index is 0.118. The molecule has 0 fully saturated rings. The average molecular weight is 269 g/mol. The number of carbonyl (C=O) groups is 1. The van der Waals surface area contributed by atoms with Crippen molar-refractivity contribution in [2.75, 3.05) is 5.32 Å². The Labute approximate surface area is 112 Å². The highest BCUT2D eigenvalue weighted by atomic mass is 19.1. The van der Waals surface area contributed by atoms with Crippen LogP contribution in [0.4, 0.5) is 10.3 Å². The van der Waals surface area contributed by atoms with Crippen LogP contribution in [-0.4, -0.2) is 25.8 Å². The standard InChI is InChI=1S/C13H8FN5O/c14-9-3-1-8(2-4-9)12(20)19-13-17-7-10-11(18-13)16-6-5-15-10/h1-7H,(H,16,17,18,19,20). The molecule has 6 nitrogen and oxygen atoms in total. The molecule has 0 saturated carbocycles. The van der Waals surface area contributed by atoms with Crippen molar-refractivity contribution < 1.29 is 9.18 Å². The average Bonchev–Trinajstić information content (AvgIpc) is 2.48. The van der Waals surface area contributed by atoms with E-state index in [-0.39, 0.29) is 5.95 Å². The Kier molecular flexibility index (Phi) is 3.00. The largest absolute Gasteiger partial charge is 0.290 e. The summed E-state index contributed by atoms with van der Waals surface area (Å²) >= 11 is 0. The van der Waals surface area contributed by atoms with Crippen LogP contribution >= 0.6 is 0 Å². The first-order valence-corrected chi connectivity index (χ1v) is 5.73. The minimum atomic E-state index is -0.423. The maximum Gasteiger partial charge on any atom is 0.258 e. The molecule has 0 bridgehead atoms. The zero-order chi connectivity index (χ0) is 13.9. The van der Waals surface area contributed by atoms with Gasteiger partial charge in [-0.15, -0.1) is 0 Å². The Balaban J connectivity index is 1.85. The van der Waals surface area contributed by atoms with Gasteiger partial charge in [-0.25, -0.2) is 19.3 Å². The molecule has 0 spiro atoms. The first-order chi connectivity index (χ1) is 9.72. The predicted octanol–water partition coefficient (Wildman–Crippen LogP) is 1.81. The predicted molar refractivity (Wildman–Crippen MR) is 69.5 cm³/mol. The lowest BCUT2D eigenvalue weighted by atomic mass is 10.2. The molecule has 2 aromatic heterocycles. The van der Waals surface area contributed by atoms with Gasteiger partial charge in [0, 0.05) is 18.0 Å². The fraction of sp³-hybridized carbons (Fsp3) is 0. The van der Waals surface area contributed by atoms with E-state index in [0.29, 0.717) is 16.7 Å². The van der Waals surface area contributed by atoms with Crippen molar-refractivity contribution >= 4 is 23.0 Å². The highest BCUT2D eigenvalue weighted by Gasteiger charge is 2.08. The number of hydrogen-bond donors (Lipinski definition) is 1. The van der Waals surface area contributed by atoms with Crippen molar-refractivity contribution in [2.45, 2.75) is 0 Å². The van der Waals surface area contributed by atoms with Crippen LogP contribution in [0.2, 0.25) is 0 Å². The van der Waals surface area contributed by atoms with Gasteiger partial charge in [-0.05, 0) is 24.3 Å². The molecule has 0 aliphatic carbocycles. The van der Waals surface area contributed by atoms with Gasteiger partial charge < -0.3 is 0 Å². The molecule has 0 aliphatic heterocycles. The summed E-state index contributed by atoms with van der Waals surface area (Å²) in [6.45, 7) is 0. The first kappa shape index (κ1) is 12.1. The number of rotatable bonds is 2. The summed E-state index contributed by atoms with van der Waals surface area (Å²) in [7, 11) is 0. The summed E-state index contributed by atoms with van der Waals surface area (Å²) in [5, 5.41) is 2.52. The molecule has 0 atom stereocenters. The number of carbonyl (C=O) groups excluding carboxylic acids is 1. The molecule has 1 amide bonds. The molecule has 98 valence electrons. The first-order valence-electron chi connectivity index (χ1n) is 5.73. The van der Waals surface area contributed by atoms with Gasteiger partial charge in [0.25, 0.3) is 5.91 Å². The van der Waals surface area contributed by atoms with Crippen LogP contribution in [0, 0.1) is 5.82 Å². The fourth-order valence-corrected chi connectivity index (χ4v) is 1.61. The molecule has 0 saturated heterocycles. The maximum absolute atomic E-state index is 12.8. The smallest absolute Gasteiger partial charge is 0.258 e. The molecule has 1 aromatic carbocycles. The van der Waals surface area contributed by atoms with Gasteiger partial charge in [-0.3, -0.25) is 10.1 Å². The van der Waals surface area contributed by atoms with Crippen molar-refractivity contribution in [3.8, 4) is 0 Å². The minimum Gasteiger partial charge on any atom is -0.290 e.